The fourth-order valence-electron chi connectivity index (χ4n) is 1.07. The van der Waals surface area contributed by atoms with Crippen LogP contribution < -0.4 is 4.74 Å². The first-order valence-electron chi connectivity index (χ1n) is 4.32. The Hall–Kier alpha value is -1.32. The molecular weight excluding hydrogens is 180 g/mol. The molecule has 0 heterocycles. The summed E-state index contributed by atoms with van der Waals surface area (Å²) < 4.78 is 10.2. The van der Waals surface area contributed by atoms with Crippen LogP contribution >= 0.6 is 0 Å². The van der Waals surface area contributed by atoms with Gasteiger partial charge in [-0.05, 0) is 12.1 Å². The number of aliphatic hydroxyl groups excluding tert-OH is 1. The number of hydrogen-bond acceptors (Lipinski definition) is 3. The van der Waals surface area contributed by atoms with Crippen molar-refractivity contribution in [1.82, 2.24) is 0 Å². The molecular formula is C11H14O3. The maximum absolute atomic E-state index is 9.10. The van der Waals surface area contributed by atoms with Crippen LogP contribution in [0.1, 0.15) is 5.56 Å². The van der Waals surface area contributed by atoms with Crippen molar-refractivity contribution >= 4 is 0 Å². The molecule has 0 aliphatic heterocycles. The molecule has 0 saturated heterocycles. The van der Waals surface area contributed by atoms with Crippen LogP contribution in [0.15, 0.2) is 36.9 Å². The monoisotopic (exact) mass is 194 g/mol. The van der Waals surface area contributed by atoms with Crippen molar-refractivity contribution in [1.29, 1.82) is 0 Å². The molecule has 1 N–H and O–H groups in total. The molecule has 1 unspecified atom stereocenters. The highest BCUT2D eigenvalue weighted by Crippen LogP contribution is 2.18. The van der Waals surface area contributed by atoms with Gasteiger partial charge >= 0.3 is 0 Å². The zero-order valence-electron chi connectivity index (χ0n) is 8.14. The average molecular weight is 194 g/mol. The Morgan fingerprint density at radius 1 is 1.50 bits per heavy atom. The molecule has 1 aromatic rings. The van der Waals surface area contributed by atoms with Crippen LogP contribution in [0.25, 0.3) is 0 Å². The Bertz CT molecular complexity index is 296. The first kappa shape index (κ1) is 10.8. The summed E-state index contributed by atoms with van der Waals surface area (Å²) in [5.41, 5.74) is 0.899. The summed E-state index contributed by atoms with van der Waals surface area (Å²) in [5, 5.41) is 9.10. The maximum atomic E-state index is 9.10. The number of para-hydroxylation sites is 1. The van der Waals surface area contributed by atoms with E-state index >= 15 is 0 Å². The van der Waals surface area contributed by atoms with Crippen molar-refractivity contribution in [2.24, 2.45) is 0 Å². The summed E-state index contributed by atoms with van der Waals surface area (Å²) in [4.78, 5) is 0. The summed E-state index contributed by atoms with van der Waals surface area (Å²) in [5.74, 6) is 0.753. The van der Waals surface area contributed by atoms with Gasteiger partial charge in [-0.25, -0.2) is 0 Å². The third-order valence-corrected chi connectivity index (χ3v) is 1.80. The van der Waals surface area contributed by atoms with E-state index in [4.69, 9.17) is 14.6 Å². The highest BCUT2D eigenvalue weighted by atomic mass is 16.6. The van der Waals surface area contributed by atoms with Crippen molar-refractivity contribution in [3.05, 3.63) is 42.5 Å². The number of ether oxygens (including phenoxy) is 2. The molecule has 0 aromatic heterocycles. The van der Waals surface area contributed by atoms with Gasteiger partial charge in [0, 0.05) is 5.56 Å². The number of aliphatic hydroxyl groups is 1. The third-order valence-electron chi connectivity index (χ3n) is 1.80. The summed E-state index contributed by atoms with van der Waals surface area (Å²) in [6.45, 7) is 3.71. The van der Waals surface area contributed by atoms with Gasteiger partial charge < -0.3 is 14.6 Å². The van der Waals surface area contributed by atoms with Crippen LogP contribution in [0.2, 0.25) is 0 Å². The van der Waals surface area contributed by atoms with E-state index < -0.39 is 6.29 Å². The molecule has 0 amide bonds. The number of benzene rings is 1. The minimum Gasteiger partial charge on any atom is -0.496 e. The van der Waals surface area contributed by atoms with Crippen molar-refractivity contribution in [2.45, 2.75) is 12.9 Å². The highest BCUT2D eigenvalue weighted by Gasteiger charge is 2.03. The number of hydrogen-bond donors (Lipinski definition) is 1. The molecule has 3 heteroatoms. The largest absolute Gasteiger partial charge is 0.496 e. The highest BCUT2D eigenvalue weighted by molar-refractivity contribution is 5.32. The van der Waals surface area contributed by atoms with Crippen LogP contribution in [0.4, 0.5) is 0 Å². The summed E-state index contributed by atoms with van der Waals surface area (Å²) >= 11 is 0. The molecule has 1 rings (SSSR count). The Morgan fingerprint density at radius 2 is 2.21 bits per heavy atom. The van der Waals surface area contributed by atoms with E-state index in [1.807, 2.05) is 24.3 Å². The van der Waals surface area contributed by atoms with Gasteiger partial charge in [0.15, 0.2) is 6.29 Å². The van der Waals surface area contributed by atoms with Crippen LogP contribution in [0.3, 0.4) is 0 Å². The van der Waals surface area contributed by atoms with Crippen molar-refractivity contribution in [2.75, 3.05) is 7.11 Å². The first-order valence-corrected chi connectivity index (χ1v) is 4.32. The standard InChI is InChI=1S/C11H14O3/c1-3-11(12)14-8-9-6-4-5-7-10(9)13-2/h3-7,11-12H,1,8H2,2H3. The van der Waals surface area contributed by atoms with Crippen LogP contribution in [-0.2, 0) is 11.3 Å². The van der Waals surface area contributed by atoms with E-state index in [0.29, 0.717) is 6.61 Å². The van der Waals surface area contributed by atoms with E-state index in [1.165, 1.54) is 6.08 Å². The van der Waals surface area contributed by atoms with Gasteiger partial charge in [-0.15, -0.1) is 0 Å². The molecule has 3 nitrogen and oxygen atoms in total. The van der Waals surface area contributed by atoms with Gasteiger partial charge in [0.2, 0.25) is 0 Å². The van der Waals surface area contributed by atoms with Crippen molar-refractivity contribution < 1.29 is 14.6 Å². The summed E-state index contributed by atoms with van der Waals surface area (Å²) in [6.07, 6.45) is 0.398. The second kappa shape index (κ2) is 5.42. The van der Waals surface area contributed by atoms with Gasteiger partial charge in [0.1, 0.15) is 5.75 Å². The summed E-state index contributed by atoms with van der Waals surface area (Å²) in [6, 6.07) is 7.50. The van der Waals surface area contributed by atoms with E-state index in [2.05, 4.69) is 6.58 Å². The molecule has 0 spiro atoms. The average Bonchev–Trinajstić information content (AvgIpc) is 2.26. The van der Waals surface area contributed by atoms with Gasteiger partial charge in [0.25, 0.3) is 0 Å². The van der Waals surface area contributed by atoms with E-state index in [9.17, 15) is 0 Å². The Kier molecular flexibility index (Phi) is 4.16. The molecule has 1 aromatic carbocycles. The molecule has 76 valence electrons. The normalized spacial score (nSPS) is 12.1. The Balaban J connectivity index is 2.61. The molecule has 14 heavy (non-hydrogen) atoms. The molecule has 1 atom stereocenters. The molecule has 0 aliphatic carbocycles. The predicted octanol–water partition coefficient (Wildman–Crippen LogP) is 1.72. The second-order valence-corrected chi connectivity index (χ2v) is 2.75. The molecule has 0 bridgehead atoms. The zero-order chi connectivity index (χ0) is 10.4. The molecule has 0 aliphatic rings. The quantitative estimate of drug-likeness (QED) is 0.573. The van der Waals surface area contributed by atoms with E-state index in [-0.39, 0.29) is 0 Å². The minimum atomic E-state index is -0.931. The lowest BCUT2D eigenvalue weighted by atomic mass is 10.2. The van der Waals surface area contributed by atoms with Crippen LogP contribution in [0, 0.1) is 0 Å². The topological polar surface area (TPSA) is 38.7 Å². The zero-order valence-corrected chi connectivity index (χ0v) is 8.14. The fourth-order valence-corrected chi connectivity index (χ4v) is 1.07. The van der Waals surface area contributed by atoms with Gasteiger partial charge in [0.05, 0.1) is 13.7 Å². The van der Waals surface area contributed by atoms with E-state index in [1.54, 1.807) is 7.11 Å². The third kappa shape index (κ3) is 2.87. The maximum Gasteiger partial charge on any atom is 0.174 e. The molecule has 0 saturated carbocycles. The number of methoxy groups -OCH3 is 1. The lowest BCUT2D eigenvalue weighted by Gasteiger charge is -2.10. The first-order chi connectivity index (χ1) is 6.77. The lowest BCUT2D eigenvalue weighted by Crippen LogP contribution is -2.08. The van der Waals surface area contributed by atoms with Gasteiger partial charge in [-0.3, -0.25) is 0 Å². The van der Waals surface area contributed by atoms with Crippen molar-refractivity contribution in [3.8, 4) is 5.75 Å². The SMILES string of the molecule is C=CC(O)OCc1ccccc1OC. The summed E-state index contributed by atoms with van der Waals surface area (Å²) in [7, 11) is 1.60. The lowest BCUT2D eigenvalue weighted by molar-refractivity contribution is -0.0734. The van der Waals surface area contributed by atoms with Crippen LogP contribution in [-0.4, -0.2) is 18.5 Å². The minimum absolute atomic E-state index is 0.303. The van der Waals surface area contributed by atoms with Gasteiger partial charge in [-0.2, -0.15) is 0 Å². The predicted molar refractivity (Wildman–Crippen MR) is 54.0 cm³/mol. The Labute approximate surface area is 83.6 Å². The van der Waals surface area contributed by atoms with Crippen LogP contribution in [0.5, 0.6) is 5.75 Å². The second-order valence-electron chi connectivity index (χ2n) is 2.75. The fraction of sp³-hybridized carbons (Fsp3) is 0.273. The van der Waals surface area contributed by atoms with E-state index in [0.717, 1.165) is 11.3 Å². The van der Waals surface area contributed by atoms with Gasteiger partial charge in [-0.1, -0.05) is 24.8 Å². The van der Waals surface area contributed by atoms with Crippen molar-refractivity contribution in [3.63, 3.8) is 0 Å². The number of rotatable bonds is 5. The molecule has 0 fully saturated rings. The Morgan fingerprint density at radius 3 is 2.86 bits per heavy atom. The molecule has 0 radical (unpaired) electrons. The smallest absolute Gasteiger partial charge is 0.174 e.